The van der Waals surface area contributed by atoms with Gasteiger partial charge in [-0.3, -0.25) is 9.78 Å². The summed E-state index contributed by atoms with van der Waals surface area (Å²) in [5, 5.41) is 14.9. The highest BCUT2D eigenvalue weighted by Gasteiger charge is 2.15. The molecule has 0 aliphatic heterocycles. The molecule has 0 saturated heterocycles. The molecule has 9 nitrogen and oxygen atoms in total. The maximum atomic E-state index is 12.6. The summed E-state index contributed by atoms with van der Waals surface area (Å²) in [5.41, 5.74) is 3.18. The maximum absolute atomic E-state index is 12.6. The zero-order valence-corrected chi connectivity index (χ0v) is 20.8. The van der Waals surface area contributed by atoms with Gasteiger partial charge in [-0.15, -0.1) is 0 Å². The molecule has 5 aromatic rings. The van der Waals surface area contributed by atoms with Gasteiger partial charge in [0, 0.05) is 29.0 Å². The number of hydrogen-bond acceptors (Lipinski definition) is 7. The lowest BCUT2D eigenvalue weighted by Gasteiger charge is -2.15. The predicted molar refractivity (Wildman–Crippen MR) is 138 cm³/mol. The first-order chi connectivity index (χ1) is 18.0. The average Bonchev–Trinajstić information content (AvgIpc) is 3.38. The standard InChI is InChI=1S/C27H21ClN6O3/c1-17-11-24(34-14-19(36-2)13-31-34)20-6-3-7-25(26(20)32-17)37-16-21-22(28)8-9-30-23(21)15-33-10-4-5-18(12-29)27(33)35/h3-11,13-14H,15-16H2,1-2H3. The highest BCUT2D eigenvalue weighted by molar-refractivity contribution is 6.31. The summed E-state index contributed by atoms with van der Waals surface area (Å²) >= 11 is 6.53. The van der Waals surface area contributed by atoms with Crippen LogP contribution in [0, 0.1) is 18.3 Å². The Hall–Kier alpha value is -4.68. The van der Waals surface area contributed by atoms with E-state index in [1.54, 1.807) is 48.7 Å². The minimum atomic E-state index is -0.393. The lowest BCUT2D eigenvalue weighted by molar-refractivity contribution is 0.307. The molecule has 0 N–H and O–H groups in total. The topological polar surface area (TPSA) is 108 Å². The summed E-state index contributed by atoms with van der Waals surface area (Å²) in [4.78, 5) is 21.7. The lowest BCUT2D eigenvalue weighted by atomic mass is 10.1. The van der Waals surface area contributed by atoms with Crippen molar-refractivity contribution in [3.63, 3.8) is 0 Å². The molecule has 0 radical (unpaired) electrons. The summed E-state index contributed by atoms with van der Waals surface area (Å²) < 4.78 is 14.7. The van der Waals surface area contributed by atoms with Gasteiger partial charge in [-0.25, -0.2) is 9.67 Å². The average molecular weight is 513 g/mol. The third-order valence-electron chi connectivity index (χ3n) is 5.87. The van der Waals surface area contributed by atoms with Gasteiger partial charge >= 0.3 is 0 Å². The van der Waals surface area contributed by atoms with E-state index >= 15 is 0 Å². The monoisotopic (exact) mass is 512 g/mol. The Morgan fingerprint density at radius 1 is 1.19 bits per heavy atom. The minimum absolute atomic E-state index is 0.0603. The molecule has 0 fully saturated rings. The van der Waals surface area contributed by atoms with E-state index in [1.807, 2.05) is 37.3 Å². The molecule has 0 atom stereocenters. The number of fused-ring (bicyclic) bond motifs is 1. The SMILES string of the molecule is COc1cnn(-c2cc(C)nc3c(OCc4c(Cl)ccnc4Cn4cccc(C#N)c4=O)cccc23)c1. The summed E-state index contributed by atoms with van der Waals surface area (Å²) in [5.74, 6) is 1.21. The van der Waals surface area contributed by atoms with Crippen LogP contribution in [0.1, 0.15) is 22.5 Å². The van der Waals surface area contributed by atoms with Gasteiger partial charge in [-0.2, -0.15) is 10.4 Å². The molecule has 4 heterocycles. The number of pyridine rings is 3. The molecule has 0 aliphatic carbocycles. The van der Waals surface area contributed by atoms with Gasteiger partial charge in [0.05, 0.1) is 42.5 Å². The number of benzene rings is 1. The van der Waals surface area contributed by atoms with Crippen molar-refractivity contribution in [3.05, 3.63) is 105 Å². The Bertz CT molecular complexity index is 1720. The number of aromatic nitrogens is 5. The first-order valence-corrected chi connectivity index (χ1v) is 11.7. The van der Waals surface area contributed by atoms with Gasteiger partial charge in [0.1, 0.15) is 29.5 Å². The molecule has 37 heavy (non-hydrogen) atoms. The third-order valence-corrected chi connectivity index (χ3v) is 6.22. The summed E-state index contributed by atoms with van der Waals surface area (Å²) in [6.07, 6.45) is 6.63. The van der Waals surface area contributed by atoms with Gasteiger partial charge in [0.2, 0.25) is 0 Å². The number of halogens is 1. The Morgan fingerprint density at radius 3 is 2.84 bits per heavy atom. The largest absolute Gasteiger partial charge is 0.493 e. The first kappa shape index (κ1) is 24.0. The third kappa shape index (κ3) is 4.75. The minimum Gasteiger partial charge on any atom is -0.493 e. The van der Waals surface area contributed by atoms with Crippen LogP contribution >= 0.6 is 11.6 Å². The molecule has 0 amide bonds. The Morgan fingerprint density at radius 2 is 2.05 bits per heavy atom. The number of nitrogens with zero attached hydrogens (tertiary/aromatic N) is 6. The lowest BCUT2D eigenvalue weighted by Crippen LogP contribution is -2.23. The zero-order chi connectivity index (χ0) is 25.9. The van der Waals surface area contributed by atoms with Gasteiger partial charge in [-0.1, -0.05) is 23.7 Å². The predicted octanol–water partition coefficient (Wildman–Crippen LogP) is 4.45. The van der Waals surface area contributed by atoms with Crippen molar-refractivity contribution < 1.29 is 9.47 Å². The van der Waals surface area contributed by atoms with Crippen LogP contribution in [0.25, 0.3) is 16.6 Å². The van der Waals surface area contributed by atoms with Crippen molar-refractivity contribution in [2.45, 2.75) is 20.1 Å². The van der Waals surface area contributed by atoms with E-state index in [1.165, 1.54) is 10.6 Å². The molecule has 0 spiro atoms. The van der Waals surface area contributed by atoms with Crippen molar-refractivity contribution in [3.8, 4) is 23.3 Å². The van der Waals surface area contributed by atoms with Crippen LogP contribution in [0.2, 0.25) is 5.02 Å². The van der Waals surface area contributed by atoms with Crippen molar-refractivity contribution in [1.29, 1.82) is 5.26 Å². The number of aryl methyl sites for hydroxylation is 1. The number of methoxy groups -OCH3 is 1. The molecule has 0 unspecified atom stereocenters. The molecule has 10 heteroatoms. The second-order valence-electron chi connectivity index (χ2n) is 8.23. The Labute approximate surface area is 217 Å². The molecule has 5 rings (SSSR count). The second-order valence-corrected chi connectivity index (χ2v) is 8.64. The molecule has 0 bridgehead atoms. The van der Waals surface area contributed by atoms with E-state index in [0.29, 0.717) is 33.3 Å². The molecular formula is C27H21ClN6O3. The number of para-hydroxylation sites is 1. The smallest absolute Gasteiger partial charge is 0.268 e. The van der Waals surface area contributed by atoms with Crippen LogP contribution < -0.4 is 15.0 Å². The molecule has 184 valence electrons. The van der Waals surface area contributed by atoms with E-state index in [4.69, 9.17) is 26.1 Å². The van der Waals surface area contributed by atoms with Crippen LogP contribution in [0.5, 0.6) is 11.5 Å². The first-order valence-electron chi connectivity index (χ1n) is 11.3. The number of ether oxygens (including phenoxy) is 2. The van der Waals surface area contributed by atoms with E-state index in [0.717, 1.165) is 16.8 Å². The summed E-state index contributed by atoms with van der Waals surface area (Å²) in [6, 6.07) is 14.3. The van der Waals surface area contributed by atoms with E-state index in [9.17, 15) is 10.1 Å². The maximum Gasteiger partial charge on any atom is 0.268 e. The van der Waals surface area contributed by atoms with Gasteiger partial charge in [-0.05, 0) is 37.3 Å². The highest BCUT2D eigenvalue weighted by Crippen LogP contribution is 2.31. The van der Waals surface area contributed by atoms with E-state index in [2.05, 4.69) is 10.1 Å². The summed E-state index contributed by atoms with van der Waals surface area (Å²) in [7, 11) is 1.59. The molecule has 1 aromatic carbocycles. The van der Waals surface area contributed by atoms with Crippen molar-refractivity contribution in [1.82, 2.24) is 24.3 Å². The fourth-order valence-corrected chi connectivity index (χ4v) is 4.25. The number of rotatable bonds is 7. The molecule has 4 aromatic heterocycles. The van der Waals surface area contributed by atoms with Gasteiger partial charge in [0.25, 0.3) is 5.56 Å². The van der Waals surface area contributed by atoms with Crippen LogP contribution in [-0.2, 0) is 13.2 Å². The van der Waals surface area contributed by atoms with Crippen molar-refractivity contribution in [2.24, 2.45) is 0 Å². The normalized spacial score (nSPS) is 10.9. The number of nitriles is 1. The molecule has 0 saturated carbocycles. The van der Waals surface area contributed by atoms with Gasteiger partial charge in [0.15, 0.2) is 5.75 Å². The van der Waals surface area contributed by atoms with Crippen LogP contribution in [0.3, 0.4) is 0 Å². The van der Waals surface area contributed by atoms with Crippen LogP contribution in [0.4, 0.5) is 0 Å². The fourth-order valence-electron chi connectivity index (χ4n) is 4.03. The number of hydrogen-bond donors (Lipinski definition) is 0. The Balaban J connectivity index is 1.49. The van der Waals surface area contributed by atoms with Crippen LogP contribution in [0.15, 0.2) is 72.0 Å². The highest BCUT2D eigenvalue weighted by atomic mass is 35.5. The molecule has 0 aliphatic rings. The van der Waals surface area contributed by atoms with E-state index < -0.39 is 5.56 Å². The van der Waals surface area contributed by atoms with Crippen molar-refractivity contribution >= 4 is 22.5 Å². The van der Waals surface area contributed by atoms with Gasteiger partial charge < -0.3 is 14.0 Å². The van der Waals surface area contributed by atoms with Crippen LogP contribution in [-0.4, -0.2) is 31.4 Å². The zero-order valence-electron chi connectivity index (χ0n) is 20.1. The Kier molecular flexibility index (Phi) is 6.58. The molecular weight excluding hydrogens is 492 g/mol. The van der Waals surface area contributed by atoms with E-state index in [-0.39, 0.29) is 18.7 Å². The second kappa shape index (κ2) is 10.1. The fraction of sp³-hybridized carbons (Fsp3) is 0.148. The quantitative estimate of drug-likeness (QED) is 0.317. The van der Waals surface area contributed by atoms with Crippen molar-refractivity contribution in [2.75, 3.05) is 7.11 Å². The summed E-state index contributed by atoms with van der Waals surface area (Å²) in [6.45, 7) is 2.16.